The molecule has 112 valence electrons. The zero-order valence-electron chi connectivity index (χ0n) is 13.1. The van der Waals surface area contributed by atoms with E-state index < -0.39 is 0 Å². The van der Waals surface area contributed by atoms with Gasteiger partial charge in [-0.3, -0.25) is 0 Å². The Morgan fingerprint density at radius 1 is 1.10 bits per heavy atom. The first-order valence-corrected chi connectivity index (χ1v) is 8.56. The SMILES string of the molecule is CC1=CCC2C3CCC4=CCCCC4C3CC[C@]12C.O. The van der Waals surface area contributed by atoms with Gasteiger partial charge in [-0.1, -0.05) is 30.2 Å². The van der Waals surface area contributed by atoms with E-state index in [0.29, 0.717) is 5.41 Å². The van der Waals surface area contributed by atoms with E-state index in [9.17, 15) is 0 Å². The molecule has 0 amide bonds. The lowest BCUT2D eigenvalue weighted by molar-refractivity contribution is 0.00917. The molecule has 4 aliphatic carbocycles. The fourth-order valence-corrected chi connectivity index (χ4v) is 6.08. The molecule has 1 nitrogen and oxygen atoms in total. The van der Waals surface area contributed by atoms with Gasteiger partial charge in [0, 0.05) is 0 Å². The molecule has 0 aromatic heterocycles. The Hall–Kier alpha value is -0.560. The highest BCUT2D eigenvalue weighted by Crippen LogP contribution is 2.61. The molecule has 5 atom stereocenters. The molecule has 0 spiro atoms. The second kappa shape index (κ2) is 5.02. The number of allylic oxidation sites excluding steroid dienone is 4. The lowest BCUT2D eigenvalue weighted by atomic mass is 9.51. The zero-order valence-corrected chi connectivity index (χ0v) is 13.1. The summed E-state index contributed by atoms with van der Waals surface area (Å²) in [7, 11) is 0. The molecule has 20 heavy (non-hydrogen) atoms. The van der Waals surface area contributed by atoms with E-state index >= 15 is 0 Å². The Balaban J connectivity index is 0.00000121. The van der Waals surface area contributed by atoms with Gasteiger partial charge in [-0.15, -0.1) is 0 Å². The van der Waals surface area contributed by atoms with Crippen molar-refractivity contribution in [2.45, 2.75) is 65.2 Å². The smallest absolute Gasteiger partial charge is 0.00851 e. The van der Waals surface area contributed by atoms with Gasteiger partial charge in [0.05, 0.1) is 0 Å². The first-order valence-electron chi connectivity index (χ1n) is 8.56. The van der Waals surface area contributed by atoms with Crippen LogP contribution in [-0.2, 0) is 0 Å². The van der Waals surface area contributed by atoms with Crippen LogP contribution in [0.15, 0.2) is 23.3 Å². The average Bonchev–Trinajstić information content (AvgIpc) is 2.75. The van der Waals surface area contributed by atoms with Crippen molar-refractivity contribution in [2.75, 3.05) is 0 Å². The van der Waals surface area contributed by atoms with Crippen LogP contribution >= 0.6 is 0 Å². The van der Waals surface area contributed by atoms with Crippen LogP contribution in [0.25, 0.3) is 0 Å². The van der Waals surface area contributed by atoms with Crippen LogP contribution in [-0.4, -0.2) is 5.48 Å². The van der Waals surface area contributed by atoms with E-state index in [4.69, 9.17) is 0 Å². The van der Waals surface area contributed by atoms with Gasteiger partial charge in [-0.05, 0) is 87.4 Å². The Kier molecular flexibility index (Phi) is 3.61. The maximum Gasteiger partial charge on any atom is -0.00851 e. The minimum atomic E-state index is 0. The van der Waals surface area contributed by atoms with Gasteiger partial charge in [0.2, 0.25) is 0 Å². The second-order valence-corrected chi connectivity index (χ2v) is 7.87. The summed E-state index contributed by atoms with van der Waals surface area (Å²) in [5, 5.41) is 0. The van der Waals surface area contributed by atoms with Gasteiger partial charge in [0.25, 0.3) is 0 Å². The normalized spacial score (nSPS) is 46.3. The molecule has 4 aliphatic rings. The van der Waals surface area contributed by atoms with Crippen LogP contribution in [0.4, 0.5) is 0 Å². The second-order valence-electron chi connectivity index (χ2n) is 7.87. The van der Waals surface area contributed by atoms with Crippen molar-refractivity contribution in [2.24, 2.45) is 29.1 Å². The van der Waals surface area contributed by atoms with Crippen molar-refractivity contribution >= 4 is 0 Å². The fourth-order valence-electron chi connectivity index (χ4n) is 6.08. The van der Waals surface area contributed by atoms with Crippen LogP contribution in [0.5, 0.6) is 0 Å². The van der Waals surface area contributed by atoms with Crippen LogP contribution in [0.2, 0.25) is 0 Å². The van der Waals surface area contributed by atoms with Crippen molar-refractivity contribution < 1.29 is 5.48 Å². The third-order valence-electron chi connectivity index (χ3n) is 7.35. The van der Waals surface area contributed by atoms with Gasteiger partial charge in [-0.25, -0.2) is 0 Å². The van der Waals surface area contributed by atoms with Crippen molar-refractivity contribution in [1.29, 1.82) is 0 Å². The zero-order chi connectivity index (χ0) is 13.0. The molecular formula is C19H30O. The maximum atomic E-state index is 2.61. The molecule has 4 unspecified atom stereocenters. The molecule has 0 bridgehead atoms. The van der Waals surface area contributed by atoms with Crippen molar-refractivity contribution in [3.63, 3.8) is 0 Å². The van der Waals surface area contributed by atoms with E-state index in [1.807, 2.05) is 5.57 Å². The quantitative estimate of drug-likeness (QED) is 0.574. The van der Waals surface area contributed by atoms with Gasteiger partial charge in [0.15, 0.2) is 0 Å². The van der Waals surface area contributed by atoms with Crippen LogP contribution in [0.3, 0.4) is 0 Å². The fraction of sp³-hybridized carbons (Fsp3) is 0.789. The summed E-state index contributed by atoms with van der Waals surface area (Å²) in [6.45, 7) is 4.97. The highest BCUT2D eigenvalue weighted by Gasteiger charge is 2.52. The van der Waals surface area contributed by atoms with Gasteiger partial charge < -0.3 is 5.48 Å². The molecule has 1 heteroatoms. The molecule has 0 heterocycles. The predicted octanol–water partition coefficient (Wildman–Crippen LogP) is 4.68. The topological polar surface area (TPSA) is 31.5 Å². The minimum absolute atomic E-state index is 0. The molecule has 2 fully saturated rings. The number of hydrogen-bond donors (Lipinski definition) is 0. The third kappa shape index (κ3) is 1.85. The molecule has 0 aromatic rings. The summed E-state index contributed by atoms with van der Waals surface area (Å²) in [5.74, 6) is 4.04. The highest BCUT2D eigenvalue weighted by molar-refractivity contribution is 5.25. The molecule has 0 radical (unpaired) electrons. The van der Waals surface area contributed by atoms with E-state index in [1.54, 1.807) is 5.57 Å². The van der Waals surface area contributed by atoms with Crippen LogP contribution < -0.4 is 0 Å². The highest BCUT2D eigenvalue weighted by atomic mass is 16.0. The summed E-state index contributed by atoms with van der Waals surface area (Å²) >= 11 is 0. The predicted molar refractivity (Wildman–Crippen MR) is 84.5 cm³/mol. The molecule has 2 saturated carbocycles. The first kappa shape index (κ1) is 14.4. The van der Waals surface area contributed by atoms with Gasteiger partial charge in [0.1, 0.15) is 0 Å². The lowest BCUT2D eigenvalue weighted by Crippen LogP contribution is -2.45. The standard InChI is InChI=1S/C19H28.H2O/c1-13-7-10-18-17-9-8-14-5-3-4-6-15(14)16(17)11-12-19(13,18)2;/h5,7,15-18H,3-4,6,8-12H2,1-2H3;1H2/t15?,16?,17?,18?,19-;/m1./s1. The molecular weight excluding hydrogens is 244 g/mol. The van der Waals surface area contributed by atoms with E-state index in [2.05, 4.69) is 26.0 Å². The largest absolute Gasteiger partial charge is 0.412 e. The average molecular weight is 274 g/mol. The van der Waals surface area contributed by atoms with Crippen molar-refractivity contribution in [1.82, 2.24) is 0 Å². The Morgan fingerprint density at radius 2 is 1.95 bits per heavy atom. The van der Waals surface area contributed by atoms with E-state index in [0.717, 1.165) is 23.7 Å². The lowest BCUT2D eigenvalue weighted by Gasteiger charge is -2.53. The first-order chi connectivity index (χ1) is 9.20. The third-order valence-corrected chi connectivity index (χ3v) is 7.35. The van der Waals surface area contributed by atoms with Crippen LogP contribution in [0.1, 0.15) is 65.2 Å². The molecule has 2 N–H and O–H groups in total. The van der Waals surface area contributed by atoms with Crippen LogP contribution in [0, 0.1) is 29.1 Å². The number of rotatable bonds is 0. The Bertz CT molecular complexity index is 447. The van der Waals surface area contributed by atoms with Crippen molar-refractivity contribution in [3.8, 4) is 0 Å². The monoisotopic (exact) mass is 274 g/mol. The van der Waals surface area contributed by atoms with Gasteiger partial charge >= 0.3 is 0 Å². The summed E-state index contributed by atoms with van der Waals surface area (Å²) in [5.41, 5.74) is 4.14. The number of hydrogen-bond acceptors (Lipinski definition) is 0. The molecule has 0 aliphatic heterocycles. The Labute approximate surface area is 123 Å². The Morgan fingerprint density at radius 3 is 2.80 bits per heavy atom. The van der Waals surface area contributed by atoms with E-state index in [-0.39, 0.29) is 5.48 Å². The maximum absolute atomic E-state index is 2.61. The summed E-state index contributed by atoms with van der Waals surface area (Å²) in [6.07, 6.45) is 16.8. The molecule has 0 aromatic carbocycles. The molecule has 4 rings (SSSR count). The number of fused-ring (bicyclic) bond motifs is 5. The molecule has 0 saturated heterocycles. The van der Waals surface area contributed by atoms with Crippen molar-refractivity contribution in [3.05, 3.63) is 23.3 Å². The summed E-state index contributed by atoms with van der Waals surface area (Å²) in [6, 6.07) is 0. The van der Waals surface area contributed by atoms with Gasteiger partial charge in [-0.2, -0.15) is 0 Å². The minimum Gasteiger partial charge on any atom is -0.412 e. The van der Waals surface area contributed by atoms with E-state index in [1.165, 1.54) is 51.4 Å². The summed E-state index contributed by atoms with van der Waals surface area (Å²) in [4.78, 5) is 0. The summed E-state index contributed by atoms with van der Waals surface area (Å²) < 4.78 is 0.